The van der Waals surface area contributed by atoms with Gasteiger partial charge < -0.3 is 4.74 Å². The van der Waals surface area contributed by atoms with E-state index in [0.29, 0.717) is 0 Å². The summed E-state index contributed by atoms with van der Waals surface area (Å²) in [6, 6.07) is 0. The highest BCUT2D eigenvalue weighted by Gasteiger charge is 2.15. The van der Waals surface area contributed by atoms with E-state index in [1.54, 1.807) is 7.05 Å². The lowest BCUT2D eigenvalue weighted by atomic mass is 10.3. The molecule has 6 nitrogen and oxygen atoms in total. The predicted octanol–water partition coefficient (Wildman–Crippen LogP) is 0.869. The van der Waals surface area contributed by atoms with E-state index in [2.05, 4.69) is 14.9 Å². The van der Waals surface area contributed by atoms with E-state index in [4.69, 9.17) is 5.53 Å². The van der Waals surface area contributed by atoms with Crippen LogP contribution in [0.25, 0.3) is 0 Å². The third-order valence-electron chi connectivity index (χ3n) is 1.42. The average molecular weight is 168 g/mol. The lowest BCUT2D eigenvalue weighted by molar-refractivity contribution is 0.0601. The SMILES string of the molecule is COC(=O)c1cnn(C)c1N=N. The van der Waals surface area contributed by atoms with Gasteiger partial charge in [0.25, 0.3) is 0 Å². The second-order valence-corrected chi connectivity index (χ2v) is 2.11. The van der Waals surface area contributed by atoms with Gasteiger partial charge in [-0.3, -0.25) is 0 Å². The van der Waals surface area contributed by atoms with Crippen molar-refractivity contribution in [1.82, 2.24) is 9.78 Å². The highest BCUT2D eigenvalue weighted by molar-refractivity contribution is 5.93. The second kappa shape index (κ2) is 3.12. The first-order valence-electron chi connectivity index (χ1n) is 3.18. The largest absolute Gasteiger partial charge is 0.465 e. The molecule has 1 aromatic rings. The van der Waals surface area contributed by atoms with E-state index in [0.717, 1.165) is 0 Å². The molecule has 0 aromatic carbocycles. The van der Waals surface area contributed by atoms with Gasteiger partial charge in [0, 0.05) is 7.05 Å². The number of esters is 1. The highest BCUT2D eigenvalue weighted by Crippen LogP contribution is 2.17. The molecule has 1 heterocycles. The summed E-state index contributed by atoms with van der Waals surface area (Å²) in [5, 5.41) is 6.91. The van der Waals surface area contributed by atoms with Gasteiger partial charge in [-0.1, -0.05) is 0 Å². The minimum atomic E-state index is -0.533. The zero-order valence-electron chi connectivity index (χ0n) is 6.74. The number of methoxy groups -OCH3 is 1. The van der Waals surface area contributed by atoms with E-state index < -0.39 is 5.97 Å². The van der Waals surface area contributed by atoms with E-state index in [1.807, 2.05) is 0 Å². The monoisotopic (exact) mass is 168 g/mol. The number of ether oxygens (including phenoxy) is 1. The summed E-state index contributed by atoms with van der Waals surface area (Å²) in [4.78, 5) is 11.0. The van der Waals surface area contributed by atoms with Crippen molar-refractivity contribution in [3.8, 4) is 0 Å². The summed E-state index contributed by atoms with van der Waals surface area (Å²) < 4.78 is 5.79. The number of carbonyl (C=O) groups excluding carboxylic acids is 1. The van der Waals surface area contributed by atoms with E-state index in [-0.39, 0.29) is 11.4 Å². The molecule has 0 aliphatic rings. The second-order valence-electron chi connectivity index (χ2n) is 2.11. The molecule has 1 aromatic heterocycles. The van der Waals surface area contributed by atoms with Crippen molar-refractivity contribution in [1.29, 1.82) is 5.53 Å². The maximum atomic E-state index is 11.0. The number of nitrogens with zero attached hydrogens (tertiary/aromatic N) is 3. The Balaban J connectivity index is 3.15. The predicted molar refractivity (Wildman–Crippen MR) is 39.4 cm³/mol. The zero-order valence-corrected chi connectivity index (χ0v) is 6.74. The molecule has 0 radical (unpaired) electrons. The number of aromatic nitrogens is 2. The summed E-state index contributed by atoms with van der Waals surface area (Å²) in [5.41, 5.74) is 6.97. The van der Waals surface area contributed by atoms with Crippen molar-refractivity contribution in [3.05, 3.63) is 11.8 Å². The van der Waals surface area contributed by atoms with Gasteiger partial charge in [0.05, 0.1) is 13.3 Å². The summed E-state index contributed by atoms with van der Waals surface area (Å²) in [6.45, 7) is 0. The van der Waals surface area contributed by atoms with Crippen LogP contribution in [-0.2, 0) is 11.8 Å². The van der Waals surface area contributed by atoms with Crippen molar-refractivity contribution in [3.63, 3.8) is 0 Å². The lowest BCUT2D eigenvalue weighted by Gasteiger charge is -1.95. The molecule has 0 aliphatic carbocycles. The molecular weight excluding hydrogens is 160 g/mol. The van der Waals surface area contributed by atoms with Crippen LogP contribution >= 0.6 is 0 Å². The Kier molecular flexibility index (Phi) is 2.18. The van der Waals surface area contributed by atoms with Crippen LogP contribution in [0.3, 0.4) is 0 Å². The van der Waals surface area contributed by atoms with Gasteiger partial charge in [0.1, 0.15) is 5.56 Å². The van der Waals surface area contributed by atoms with Gasteiger partial charge in [-0.2, -0.15) is 5.10 Å². The van der Waals surface area contributed by atoms with Crippen molar-refractivity contribution in [2.45, 2.75) is 0 Å². The Bertz CT molecular complexity index is 317. The Morgan fingerprint density at radius 2 is 2.50 bits per heavy atom. The first-order chi connectivity index (χ1) is 5.70. The topological polar surface area (TPSA) is 80.3 Å². The van der Waals surface area contributed by atoms with Crippen LogP contribution in [0.4, 0.5) is 5.82 Å². The maximum absolute atomic E-state index is 11.0. The summed E-state index contributed by atoms with van der Waals surface area (Å²) in [5.74, 6) is -0.337. The van der Waals surface area contributed by atoms with Crippen LogP contribution in [0.15, 0.2) is 11.3 Å². The standard InChI is InChI=1S/C6H8N4O2/c1-10-5(9-7)4(3-8-10)6(11)12-2/h3,7H,1-2H3. The maximum Gasteiger partial charge on any atom is 0.343 e. The van der Waals surface area contributed by atoms with Crippen molar-refractivity contribution >= 4 is 11.8 Å². The lowest BCUT2D eigenvalue weighted by Crippen LogP contribution is -2.00. The van der Waals surface area contributed by atoms with Gasteiger partial charge in [-0.05, 0) is 0 Å². The molecule has 0 spiro atoms. The number of nitrogens with one attached hydrogen (secondary N) is 1. The highest BCUT2D eigenvalue weighted by atomic mass is 16.5. The summed E-state index contributed by atoms with van der Waals surface area (Å²) in [7, 11) is 2.86. The Labute approximate surface area is 68.6 Å². The molecule has 1 N–H and O–H groups in total. The molecule has 1 rings (SSSR count). The van der Waals surface area contributed by atoms with E-state index in [9.17, 15) is 4.79 Å². The average Bonchev–Trinajstić information content (AvgIpc) is 2.45. The first-order valence-corrected chi connectivity index (χ1v) is 3.18. The molecular formula is C6H8N4O2. The number of rotatable bonds is 2. The molecule has 0 unspecified atom stereocenters. The Morgan fingerprint density at radius 3 is 3.00 bits per heavy atom. The van der Waals surface area contributed by atoms with Gasteiger partial charge in [-0.25, -0.2) is 15.0 Å². The Hall–Kier alpha value is -1.72. The van der Waals surface area contributed by atoms with Crippen molar-refractivity contribution in [2.24, 2.45) is 12.2 Å². The molecule has 0 saturated heterocycles. The quantitative estimate of drug-likeness (QED) is 0.525. The van der Waals surface area contributed by atoms with Crippen LogP contribution in [0, 0.1) is 5.53 Å². The van der Waals surface area contributed by atoms with Crippen LogP contribution in [-0.4, -0.2) is 22.9 Å². The van der Waals surface area contributed by atoms with Crippen molar-refractivity contribution < 1.29 is 9.53 Å². The molecule has 6 heteroatoms. The van der Waals surface area contributed by atoms with Crippen LogP contribution in [0.2, 0.25) is 0 Å². The fraction of sp³-hybridized carbons (Fsp3) is 0.333. The van der Waals surface area contributed by atoms with E-state index >= 15 is 0 Å². The fourth-order valence-corrected chi connectivity index (χ4v) is 0.818. The normalized spacial score (nSPS) is 9.50. The number of hydrogen-bond acceptors (Lipinski definition) is 5. The fourth-order valence-electron chi connectivity index (χ4n) is 0.818. The van der Waals surface area contributed by atoms with E-state index in [1.165, 1.54) is 18.0 Å². The number of carbonyl (C=O) groups is 1. The molecule has 64 valence electrons. The molecule has 0 saturated carbocycles. The molecule has 0 fully saturated rings. The van der Waals surface area contributed by atoms with Crippen LogP contribution < -0.4 is 0 Å². The first kappa shape index (κ1) is 8.38. The van der Waals surface area contributed by atoms with Gasteiger partial charge in [-0.15, -0.1) is 5.11 Å². The molecule has 12 heavy (non-hydrogen) atoms. The number of aryl methyl sites for hydroxylation is 1. The van der Waals surface area contributed by atoms with Crippen molar-refractivity contribution in [2.75, 3.05) is 7.11 Å². The Morgan fingerprint density at radius 1 is 1.83 bits per heavy atom. The van der Waals surface area contributed by atoms with Gasteiger partial charge >= 0.3 is 5.97 Å². The third-order valence-corrected chi connectivity index (χ3v) is 1.42. The third kappa shape index (κ3) is 1.18. The minimum Gasteiger partial charge on any atom is -0.465 e. The molecule has 0 amide bonds. The summed E-state index contributed by atoms with van der Waals surface area (Å²) >= 11 is 0. The molecule has 0 aliphatic heterocycles. The van der Waals surface area contributed by atoms with Crippen LogP contribution in [0.1, 0.15) is 10.4 Å². The minimum absolute atomic E-state index is 0.196. The van der Waals surface area contributed by atoms with Crippen LogP contribution in [0.5, 0.6) is 0 Å². The van der Waals surface area contributed by atoms with Gasteiger partial charge in [0.15, 0.2) is 5.82 Å². The van der Waals surface area contributed by atoms with Gasteiger partial charge in [0.2, 0.25) is 0 Å². The summed E-state index contributed by atoms with van der Waals surface area (Å²) in [6.07, 6.45) is 1.32. The molecule has 0 bridgehead atoms. The molecule has 0 atom stereocenters. The smallest absolute Gasteiger partial charge is 0.343 e. The number of hydrogen-bond donors (Lipinski definition) is 1. The zero-order chi connectivity index (χ0) is 9.14.